The third kappa shape index (κ3) is 3.26. The summed E-state index contributed by atoms with van der Waals surface area (Å²) in [5.41, 5.74) is 0.668. The Bertz CT molecular complexity index is 1300. The number of benzene rings is 2. The number of nitrogens with zero attached hydrogens (tertiary/aromatic N) is 3. The predicted octanol–water partition coefficient (Wildman–Crippen LogP) is 4.55. The van der Waals surface area contributed by atoms with Gasteiger partial charge in [0.15, 0.2) is 0 Å². The third-order valence-electron chi connectivity index (χ3n) is 4.37. The van der Waals surface area contributed by atoms with E-state index in [1.54, 1.807) is 43.3 Å². The molecule has 0 radical (unpaired) electrons. The molecule has 2 aromatic carbocycles. The standard InChI is InChI=1S/C19H13Cl2N3O3S/c1-9(18-22-15-7-10(20)6-13(21)17(15)28-18)24-19(27)12-5-3-2-4-11(12)14(23-24)8-16(25)26/h2-7,9H,8H2,1H3,(H,25,26). The van der Waals surface area contributed by atoms with E-state index in [1.807, 2.05) is 0 Å². The van der Waals surface area contributed by atoms with E-state index in [2.05, 4.69) is 10.1 Å². The first kappa shape index (κ1) is 18.9. The Morgan fingerprint density at radius 2 is 1.96 bits per heavy atom. The van der Waals surface area contributed by atoms with Gasteiger partial charge < -0.3 is 5.11 Å². The van der Waals surface area contributed by atoms with Crippen LogP contribution in [-0.4, -0.2) is 25.8 Å². The maximum absolute atomic E-state index is 13.0. The highest BCUT2D eigenvalue weighted by molar-refractivity contribution is 7.19. The van der Waals surface area contributed by atoms with Gasteiger partial charge in [0.25, 0.3) is 5.56 Å². The first-order valence-corrected chi connectivity index (χ1v) is 9.90. The monoisotopic (exact) mass is 433 g/mol. The first-order valence-electron chi connectivity index (χ1n) is 8.33. The molecule has 0 fully saturated rings. The molecular formula is C19H13Cl2N3O3S. The van der Waals surface area contributed by atoms with E-state index in [9.17, 15) is 14.7 Å². The van der Waals surface area contributed by atoms with Crippen molar-refractivity contribution in [3.63, 3.8) is 0 Å². The molecule has 4 aromatic rings. The lowest BCUT2D eigenvalue weighted by molar-refractivity contribution is -0.136. The normalized spacial score (nSPS) is 12.5. The summed E-state index contributed by atoms with van der Waals surface area (Å²) in [4.78, 5) is 28.8. The van der Waals surface area contributed by atoms with Crippen LogP contribution in [0.1, 0.15) is 23.7 Å². The number of hydrogen-bond acceptors (Lipinski definition) is 5. The summed E-state index contributed by atoms with van der Waals surface area (Å²) in [7, 11) is 0. The highest BCUT2D eigenvalue weighted by Gasteiger charge is 2.21. The van der Waals surface area contributed by atoms with Crippen LogP contribution in [0.3, 0.4) is 0 Å². The lowest BCUT2D eigenvalue weighted by Gasteiger charge is -2.14. The number of rotatable bonds is 4. The number of carboxylic acid groups (broad SMARTS) is 1. The molecule has 28 heavy (non-hydrogen) atoms. The molecule has 142 valence electrons. The van der Waals surface area contributed by atoms with Crippen LogP contribution in [-0.2, 0) is 11.2 Å². The van der Waals surface area contributed by atoms with Crippen molar-refractivity contribution in [2.75, 3.05) is 0 Å². The molecule has 0 aliphatic carbocycles. The Morgan fingerprint density at radius 3 is 2.68 bits per heavy atom. The molecule has 6 nitrogen and oxygen atoms in total. The van der Waals surface area contributed by atoms with Crippen LogP contribution in [0.5, 0.6) is 0 Å². The lowest BCUT2D eigenvalue weighted by Crippen LogP contribution is -2.28. The molecule has 1 N–H and O–H groups in total. The van der Waals surface area contributed by atoms with Crippen molar-refractivity contribution >= 4 is 61.5 Å². The summed E-state index contributed by atoms with van der Waals surface area (Å²) >= 11 is 13.7. The third-order valence-corrected chi connectivity index (χ3v) is 6.28. The molecule has 9 heteroatoms. The highest BCUT2D eigenvalue weighted by Crippen LogP contribution is 2.35. The maximum atomic E-state index is 13.0. The van der Waals surface area contributed by atoms with Gasteiger partial charge in [-0.1, -0.05) is 41.4 Å². The van der Waals surface area contributed by atoms with Gasteiger partial charge in [-0.3, -0.25) is 9.59 Å². The highest BCUT2D eigenvalue weighted by atomic mass is 35.5. The van der Waals surface area contributed by atoms with Crippen LogP contribution >= 0.6 is 34.5 Å². The molecule has 1 unspecified atom stereocenters. The second kappa shape index (κ2) is 7.16. The van der Waals surface area contributed by atoms with Gasteiger partial charge >= 0.3 is 5.97 Å². The Hall–Kier alpha value is -2.48. The molecule has 0 aliphatic heterocycles. The number of aromatic nitrogens is 3. The summed E-state index contributed by atoms with van der Waals surface area (Å²) in [6, 6.07) is 9.71. The Labute approximate surface area is 173 Å². The molecule has 0 saturated heterocycles. The Kier molecular flexibility index (Phi) is 4.82. The molecule has 0 saturated carbocycles. The fourth-order valence-corrected chi connectivity index (χ4v) is 4.66. The molecule has 2 aromatic heterocycles. The molecule has 4 rings (SSSR count). The van der Waals surface area contributed by atoms with E-state index in [1.165, 1.54) is 16.0 Å². The number of thiazole rings is 1. The van der Waals surface area contributed by atoms with Crippen LogP contribution < -0.4 is 5.56 Å². The average molecular weight is 434 g/mol. The molecule has 1 atom stereocenters. The van der Waals surface area contributed by atoms with Crippen molar-refractivity contribution in [1.29, 1.82) is 0 Å². The van der Waals surface area contributed by atoms with Gasteiger partial charge in [-0.15, -0.1) is 11.3 Å². The van der Waals surface area contributed by atoms with Gasteiger partial charge in [0.2, 0.25) is 0 Å². The van der Waals surface area contributed by atoms with Gasteiger partial charge in [0, 0.05) is 10.4 Å². The molecule has 2 heterocycles. The zero-order valence-electron chi connectivity index (χ0n) is 14.5. The van der Waals surface area contributed by atoms with Crippen molar-refractivity contribution in [3.05, 3.63) is 67.5 Å². The fraction of sp³-hybridized carbons (Fsp3) is 0.158. The zero-order chi connectivity index (χ0) is 20.0. The van der Waals surface area contributed by atoms with E-state index in [4.69, 9.17) is 23.2 Å². The largest absolute Gasteiger partial charge is 0.481 e. The van der Waals surface area contributed by atoms with E-state index in [0.29, 0.717) is 37.0 Å². The number of hydrogen-bond donors (Lipinski definition) is 1. The van der Waals surface area contributed by atoms with Crippen LogP contribution in [0.15, 0.2) is 41.2 Å². The summed E-state index contributed by atoms with van der Waals surface area (Å²) in [5.74, 6) is -1.02. The van der Waals surface area contributed by atoms with E-state index < -0.39 is 12.0 Å². The number of aliphatic carboxylic acids is 1. The summed E-state index contributed by atoms with van der Waals surface area (Å²) < 4.78 is 2.06. The van der Waals surface area contributed by atoms with Crippen LogP contribution in [0.25, 0.3) is 21.0 Å². The predicted molar refractivity (Wildman–Crippen MR) is 111 cm³/mol. The van der Waals surface area contributed by atoms with E-state index in [0.717, 1.165) is 4.70 Å². The fourth-order valence-electron chi connectivity index (χ4n) is 3.07. The van der Waals surface area contributed by atoms with Crippen LogP contribution in [0.4, 0.5) is 0 Å². The second-order valence-corrected chi connectivity index (χ2v) is 8.15. The van der Waals surface area contributed by atoms with Crippen molar-refractivity contribution in [1.82, 2.24) is 14.8 Å². The Morgan fingerprint density at radius 1 is 1.25 bits per heavy atom. The minimum Gasteiger partial charge on any atom is -0.481 e. The molecule has 0 spiro atoms. The molecule has 0 amide bonds. The number of halogens is 2. The van der Waals surface area contributed by atoms with Crippen molar-refractivity contribution in [3.8, 4) is 0 Å². The average Bonchev–Trinajstić information content (AvgIpc) is 3.07. The van der Waals surface area contributed by atoms with E-state index in [-0.39, 0.29) is 12.0 Å². The summed E-state index contributed by atoms with van der Waals surface area (Å²) in [5, 5.41) is 16.1. The minimum absolute atomic E-state index is 0.283. The van der Waals surface area contributed by atoms with Gasteiger partial charge in [-0.05, 0) is 25.1 Å². The molecule has 0 aliphatic rings. The number of carbonyl (C=O) groups is 1. The number of fused-ring (bicyclic) bond motifs is 2. The zero-order valence-corrected chi connectivity index (χ0v) is 16.8. The maximum Gasteiger partial charge on any atom is 0.309 e. The smallest absolute Gasteiger partial charge is 0.309 e. The Balaban J connectivity index is 1.91. The summed E-state index contributed by atoms with van der Waals surface area (Å²) in [6.07, 6.45) is -0.283. The topological polar surface area (TPSA) is 85.1 Å². The quantitative estimate of drug-likeness (QED) is 0.510. The minimum atomic E-state index is -1.02. The van der Waals surface area contributed by atoms with Gasteiger partial charge in [0.05, 0.1) is 32.7 Å². The molecular weight excluding hydrogens is 421 g/mol. The van der Waals surface area contributed by atoms with Crippen LogP contribution in [0, 0.1) is 0 Å². The van der Waals surface area contributed by atoms with Crippen molar-refractivity contribution < 1.29 is 9.90 Å². The molecule has 0 bridgehead atoms. The first-order chi connectivity index (χ1) is 13.3. The van der Waals surface area contributed by atoms with Gasteiger partial charge in [-0.2, -0.15) is 5.10 Å². The van der Waals surface area contributed by atoms with Gasteiger partial charge in [-0.25, -0.2) is 9.67 Å². The number of carboxylic acids is 1. The van der Waals surface area contributed by atoms with E-state index >= 15 is 0 Å². The second-order valence-electron chi connectivity index (χ2n) is 6.28. The van der Waals surface area contributed by atoms with Crippen molar-refractivity contribution in [2.24, 2.45) is 0 Å². The lowest BCUT2D eigenvalue weighted by atomic mass is 10.1. The van der Waals surface area contributed by atoms with Crippen LogP contribution in [0.2, 0.25) is 10.0 Å². The SMILES string of the molecule is CC(c1nc2cc(Cl)cc(Cl)c2s1)n1nc(CC(=O)O)c2ccccc2c1=O. The van der Waals surface area contributed by atoms with Gasteiger partial charge in [0.1, 0.15) is 11.0 Å². The van der Waals surface area contributed by atoms with Crippen molar-refractivity contribution in [2.45, 2.75) is 19.4 Å². The summed E-state index contributed by atoms with van der Waals surface area (Å²) in [6.45, 7) is 1.79.